The van der Waals surface area contributed by atoms with Gasteiger partial charge in [-0.15, -0.1) is 22.7 Å². The van der Waals surface area contributed by atoms with Crippen molar-refractivity contribution in [1.29, 1.82) is 0 Å². The van der Waals surface area contributed by atoms with Crippen molar-refractivity contribution in [2.24, 2.45) is 0 Å². The third-order valence-electron chi connectivity index (χ3n) is 2.97. The second-order valence-corrected chi connectivity index (χ2v) is 23.2. The summed E-state index contributed by atoms with van der Waals surface area (Å²) >= 11 is 13.3. The van der Waals surface area contributed by atoms with Gasteiger partial charge in [-0.1, -0.05) is 51.0 Å². The highest BCUT2D eigenvalue weighted by atomic mass is 79.9. The van der Waals surface area contributed by atoms with Gasteiger partial charge in [-0.05, 0) is 53.0 Å². The molecule has 2 heterocycles. The van der Waals surface area contributed by atoms with Gasteiger partial charge in [0.25, 0.3) is 0 Å². The van der Waals surface area contributed by atoms with Crippen LogP contribution in [0.5, 0.6) is 0 Å². The van der Waals surface area contributed by atoms with Crippen molar-refractivity contribution in [2.45, 2.75) is 47.7 Å². The van der Waals surface area contributed by atoms with E-state index in [9.17, 15) is 0 Å². The molecule has 0 aliphatic rings. The first kappa shape index (κ1) is 18.5. The van der Waals surface area contributed by atoms with E-state index in [2.05, 4.69) is 83.3 Å². The third-order valence-corrected chi connectivity index (χ3v) is 16.1. The smallest absolute Gasteiger partial charge is 0.0905 e. The number of halogens is 2. The maximum atomic E-state index is 3.75. The van der Waals surface area contributed by atoms with Crippen LogP contribution in [0.15, 0.2) is 29.5 Å². The number of rotatable bonds is 4. The van der Waals surface area contributed by atoms with Crippen LogP contribution in [0.4, 0.5) is 0 Å². The molecule has 0 atom stereocenters. The Morgan fingerprint density at radius 2 is 1.10 bits per heavy atom. The Morgan fingerprint density at radius 1 is 0.762 bits per heavy atom. The summed E-state index contributed by atoms with van der Waals surface area (Å²) in [7, 11) is -2.45. The average Bonchev–Trinajstić information content (AvgIpc) is 2.84. The summed E-state index contributed by atoms with van der Waals surface area (Å²) in [4.78, 5) is 0. The number of hydrogen-bond acceptors (Lipinski definition) is 3. The minimum Gasteiger partial charge on any atom is -0.137 e. The van der Waals surface area contributed by atoms with Crippen LogP contribution in [0.25, 0.3) is 0 Å². The third kappa shape index (κ3) is 4.58. The fraction of sp³-hybridized carbons (Fsp3) is 0.429. The zero-order valence-electron chi connectivity index (χ0n) is 13.1. The van der Waals surface area contributed by atoms with Gasteiger partial charge in [0.15, 0.2) is 0 Å². The van der Waals surface area contributed by atoms with E-state index in [-0.39, 0.29) is 0 Å². The monoisotopic (exact) mass is 498 g/mol. The lowest BCUT2D eigenvalue weighted by Gasteiger charge is -2.12. The molecule has 2 aromatic rings. The first-order chi connectivity index (χ1) is 9.48. The van der Waals surface area contributed by atoms with Crippen molar-refractivity contribution in [3.8, 4) is 0 Å². The molecule has 0 saturated heterocycles. The maximum Gasteiger partial charge on any atom is 0.0905 e. The van der Waals surface area contributed by atoms with Gasteiger partial charge in [-0.25, -0.2) is 0 Å². The van der Waals surface area contributed by atoms with Crippen LogP contribution in [-0.4, -0.2) is 16.1 Å². The lowest BCUT2D eigenvalue weighted by Crippen LogP contribution is -2.34. The van der Waals surface area contributed by atoms with Gasteiger partial charge in [0.1, 0.15) is 0 Å². The van der Waals surface area contributed by atoms with Gasteiger partial charge >= 0.3 is 0 Å². The van der Waals surface area contributed by atoms with Crippen molar-refractivity contribution < 1.29 is 0 Å². The minimum atomic E-state index is -1.23. The summed E-state index contributed by atoms with van der Waals surface area (Å²) < 4.78 is 8.41. The normalized spacial score (nSPS) is 13.0. The van der Waals surface area contributed by atoms with Gasteiger partial charge in [0.05, 0.1) is 24.6 Å². The van der Waals surface area contributed by atoms with E-state index >= 15 is 0 Å². The van der Waals surface area contributed by atoms with Crippen LogP contribution >= 0.6 is 66.3 Å². The Morgan fingerprint density at radius 3 is 1.33 bits per heavy atom. The predicted octanol–water partition coefficient (Wildman–Crippen LogP) is 6.58. The molecule has 0 aliphatic heterocycles. The quantitative estimate of drug-likeness (QED) is 0.428. The summed E-state index contributed by atoms with van der Waals surface area (Å²) in [6.45, 7) is 14.4. The van der Waals surface area contributed by atoms with Gasteiger partial charge in [-0.3, -0.25) is 0 Å². The van der Waals surface area contributed by atoms with E-state index < -0.39 is 16.1 Å². The second kappa shape index (κ2) is 6.57. The zero-order chi connectivity index (χ0) is 16.0. The fourth-order valence-electron chi connectivity index (χ4n) is 1.67. The van der Waals surface area contributed by atoms with Crippen molar-refractivity contribution >= 4 is 91.4 Å². The molecule has 0 spiro atoms. The number of hydrogen-bond donors (Lipinski definition) is 0. The average molecular weight is 500 g/mol. The summed E-state index contributed by atoms with van der Waals surface area (Å²) in [5, 5.41) is 0. The first-order valence-electron chi connectivity index (χ1n) is 6.76. The topological polar surface area (TPSA) is 0 Å². The lowest BCUT2D eigenvalue weighted by atomic mass is 10.7. The van der Waals surface area contributed by atoms with Crippen molar-refractivity contribution in [3.63, 3.8) is 0 Å². The molecule has 0 fully saturated rings. The molecule has 116 valence electrons. The molecule has 0 saturated carbocycles. The summed E-state index contributed by atoms with van der Waals surface area (Å²) in [6, 6.07) is 4.67. The lowest BCUT2D eigenvalue weighted by molar-refractivity contribution is 1.58. The summed E-state index contributed by atoms with van der Waals surface area (Å²) in [6.07, 6.45) is 0. The Bertz CT molecular complexity index is 592. The maximum absolute atomic E-state index is 3.75. The van der Waals surface area contributed by atoms with E-state index in [0.29, 0.717) is 0 Å². The molecule has 21 heavy (non-hydrogen) atoms. The standard InChI is InChI=1S/C14H20Br2S3Si2/c1-20(2,3)11-7-9(15)13(17-11)19-14-10(16)8-12(18-14)21(4,5)6/h7-8H,1-6H3. The molecular weight excluding hydrogens is 480 g/mol. The Hall–Kier alpha value is 1.14. The van der Waals surface area contributed by atoms with E-state index in [1.54, 1.807) is 9.00 Å². The van der Waals surface area contributed by atoms with Crippen molar-refractivity contribution in [3.05, 3.63) is 21.1 Å². The van der Waals surface area contributed by atoms with Crippen LogP contribution in [0, 0.1) is 0 Å². The van der Waals surface area contributed by atoms with E-state index in [1.165, 1.54) is 17.4 Å². The predicted molar refractivity (Wildman–Crippen MR) is 114 cm³/mol. The molecule has 0 aliphatic carbocycles. The van der Waals surface area contributed by atoms with Crippen molar-refractivity contribution in [1.82, 2.24) is 0 Å². The highest BCUT2D eigenvalue weighted by Gasteiger charge is 2.24. The van der Waals surface area contributed by atoms with Crippen LogP contribution < -0.4 is 9.00 Å². The van der Waals surface area contributed by atoms with E-state index in [1.807, 2.05) is 34.4 Å². The Labute approximate surface area is 159 Å². The number of thiophene rings is 2. The van der Waals surface area contributed by atoms with Crippen molar-refractivity contribution in [2.75, 3.05) is 0 Å². The largest absolute Gasteiger partial charge is 0.137 e. The molecule has 2 aromatic heterocycles. The molecular formula is C14H20Br2S3Si2. The van der Waals surface area contributed by atoms with Gasteiger partial charge in [0, 0.05) is 8.95 Å². The Kier molecular flexibility index (Phi) is 5.78. The van der Waals surface area contributed by atoms with E-state index in [0.717, 1.165) is 0 Å². The Balaban J connectivity index is 2.31. The minimum absolute atomic E-state index is 1.23. The summed E-state index contributed by atoms with van der Waals surface area (Å²) in [5.74, 6) is 0. The molecule has 0 N–H and O–H groups in total. The molecule has 0 bridgehead atoms. The molecule has 0 nitrogen and oxygen atoms in total. The summed E-state index contributed by atoms with van der Waals surface area (Å²) in [5.41, 5.74) is 0. The van der Waals surface area contributed by atoms with Gasteiger partial charge in [0.2, 0.25) is 0 Å². The first-order valence-corrected chi connectivity index (χ1v) is 17.8. The SMILES string of the molecule is C[Si](C)(C)c1cc(Br)c(Sc2sc([Si](C)(C)C)cc2Br)s1. The highest BCUT2D eigenvalue weighted by molar-refractivity contribution is 9.11. The molecule has 2 rings (SSSR count). The van der Waals surface area contributed by atoms with Crippen LogP contribution in [0.3, 0.4) is 0 Å². The second-order valence-electron chi connectivity index (χ2n) is 7.09. The molecule has 0 aromatic carbocycles. The fourth-order valence-corrected chi connectivity index (χ4v) is 11.6. The highest BCUT2D eigenvalue weighted by Crippen LogP contribution is 2.43. The molecule has 0 amide bonds. The van der Waals surface area contributed by atoms with E-state index in [4.69, 9.17) is 0 Å². The molecule has 0 unspecified atom stereocenters. The molecule has 7 heteroatoms. The zero-order valence-corrected chi connectivity index (χ0v) is 20.8. The molecule has 0 radical (unpaired) electrons. The van der Waals surface area contributed by atoms with Crippen LogP contribution in [0.2, 0.25) is 39.3 Å². The van der Waals surface area contributed by atoms with Gasteiger partial charge in [-0.2, -0.15) is 0 Å². The van der Waals surface area contributed by atoms with Crippen LogP contribution in [0.1, 0.15) is 0 Å². The van der Waals surface area contributed by atoms with Gasteiger partial charge < -0.3 is 0 Å². The van der Waals surface area contributed by atoms with Crippen LogP contribution in [-0.2, 0) is 0 Å².